The zero-order chi connectivity index (χ0) is 7.56. The minimum Gasteiger partial charge on any atom is -0.359 e. The molecule has 1 aliphatic rings. The van der Waals surface area contributed by atoms with E-state index in [0.29, 0.717) is 6.04 Å². The van der Waals surface area contributed by atoms with Gasteiger partial charge in [0.1, 0.15) is 0 Å². The largest absolute Gasteiger partial charge is 0.359 e. The maximum atomic E-state index is 4.17. The Kier molecular flexibility index (Phi) is 2.10. The van der Waals surface area contributed by atoms with E-state index < -0.39 is 0 Å². The van der Waals surface area contributed by atoms with Crippen LogP contribution < -0.4 is 0 Å². The third-order valence-electron chi connectivity index (χ3n) is 1.82. The molecule has 2 nitrogen and oxygen atoms in total. The van der Waals surface area contributed by atoms with Crippen molar-refractivity contribution < 1.29 is 0 Å². The molecule has 56 valence electrons. The van der Waals surface area contributed by atoms with Gasteiger partial charge in [-0.3, -0.25) is 0 Å². The van der Waals surface area contributed by atoms with Crippen molar-refractivity contribution in [3.05, 3.63) is 11.8 Å². The van der Waals surface area contributed by atoms with Crippen molar-refractivity contribution in [3.63, 3.8) is 0 Å². The molecule has 0 spiro atoms. The first-order valence-corrected chi connectivity index (χ1v) is 3.68. The van der Waals surface area contributed by atoms with Gasteiger partial charge in [0.05, 0.1) is 6.34 Å². The van der Waals surface area contributed by atoms with E-state index in [1.807, 2.05) is 13.3 Å². The molecule has 1 aliphatic heterocycles. The quantitative estimate of drug-likeness (QED) is 0.538. The molecule has 0 saturated heterocycles. The Bertz CT molecular complexity index is 170. The monoisotopic (exact) mass is 138 g/mol. The van der Waals surface area contributed by atoms with Gasteiger partial charge in [-0.2, -0.15) is 0 Å². The van der Waals surface area contributed by atoms with Gasteiger partial charge in [-0.15, -0.1) is 0 Å². The van der Waals surface area contributed by atoms with Gasteiger partial charge in [0.25, 0.3) is 0 Å². The van der Waals surface area contributed by atoms with Crippen LogP contribution in [-0.4, -0.2) is 24.3 Å². The van der Waals surface area contributed by atoms with Crippen LogP contribution in [0, 0.1) is 0 Å². The van der Waals surface area contributed by atoms with Gasteiger partial charge in [0, 0.05) is 18.8 Å². The molecule has 0 aliphatic carbocycles. The lowest BCUT2D eigenvalue weighted by Crippen LogP contribution is -2.30. The van der Waals surface area contributed by atoms with Crippen molar-refractivity contribution >= 4 is 6.34 Å². The third-order valence-corrected chi connectivity index (χ3v) is 1.82. The van der Waals surface area contributed by atoms with Crippen molar-refractivity contribution in [1.82, 2.24) is 4.90 Å². The predicted molar refractivity (Wildman–Crippen MR) is 44.1 cm³/mol. The molecular formula is C8H14N2. The van der Waals surface area contributed by atoms with Gasteiger partial charge in [0.15, 0.2) is 0 Å². The van der Waals surface area contributed by atoms with Crippen LogP contribution in [0.5, 0.6) is 0 Å². The van der Waals surface area contributed by atoms with Crippen LogP contribution in [0.2, 0.25) is 0 Å². The molecule has 0 aromatic heterocycles. The molecule has 0 saturated carbocycles. The molecule has 0 aromatic carbocycles. The number of hydrogen-bond donors (Lipinski definition) is 0. The van der Waals surface area contributed by atoms with Crippen molar-refractivity contribution in [2.45, 2.75) is 26.3 Å². The van der Waals surface area contributed by atoms with Gasteiger partial charge >= 0.3 is 0 Å². The van der Waals surface area contributed by atoms with Crippen LogP contribution in [0.25, 0.3) is 0 Å². The predicted octanol–water partition coefficient (Wildman–Crippen LogP) is 1.64. The Morgan fingerprint density at radius 3 is 2.90 bits per heavy atom. The molecule has 1 unspecified atom stereocenters. The van der Waals surface area contributed by atoms with E-state index in [2.05, 4.69) is 29.9 Å². The lowest BCUT2D eigenvalue weighted by Gasteiger charge is -2.25. The Balaban J connectivity index is 2.67. The minimum absolute atomic E-state index is 0.553. The van der Waals surface area contributed by atoms with Gasteiger partial charge < -0.3 is 4.90 Å². The van der Waals surface area contributed by atoms with Gasteiger partial charge in [-0.05, 0) is 19.4 Å². The van der Waals surface area contributed by atoms with E-state index in [0.717, 1.165) is 12.1 Å². The van der Waals surface area contributed by atoms with Crippen molar-refractivity contribution in [3.8, 4) is 0 Å². The molecule has 2 heteroatoms. The maximum Gasteiger partial charge on any atom is 0.0910 e. The summed E-state index contributed by atoms with van der Waals surface area (Å²) in [5.41, 5.74) is 1.13. The number of hydrogen-bond acceptors (Lipinski definition) is 2. The minimum atomic E-state index is 0.553. The Hall–Kier alpha value is -0.790. The number of likely N-dealkylation sites (N-methyl/N-ethyl adjacent to an activating group) is 1. The second-order valence-electron chi connectivity index (χ2n) is 2.69. The smallest absolute Gasteiger partial charge is 0.0910 e. The lowest BCUT2D eigenvalue weighted by atomic mass is 10.1. The van der Waals surface area contributed by atoms with E-state index >= 15 is 0 Å². The summed E-state index contributed by atoms with van der Waals surface area (Å²) in [6, 6.07) is 0.553. The molecule has 0 N–H and O–H groups in total. The van der Waals surface area contributed by atoms with Crippen LogP contribution in [-0.2, 0) is 0 Å². The van der Waals surface area contributed by atoms with Crippen LogP contribution in [0.3, 0.4) is 0 Å². The van der Waals surface area contributed by atoms with Crippen molar-refractivity contribution in [2.24, 2.45) is 4.99 Å². The fourth-order valence-corrected chi connectivity index (χ4v) is 1.11. The zero-order valence-electron chi connectivity index (χ0n) is 6.83. The summed E-state index contributed by atoms with van der Waals surface area (Å²) in [7, 11) is 2.06. The molecule has 0 bridgehead atoms. The molecule has 0 fully saturated rings. The van der Waals surface area contributed by atoms with E-state index in [1.54, 1.807) is 0 Å². The molecule has 10 heavy (non-hydrogen) atoms. The second kappa shape index (κ2) is 2.86. The Morgan fingerprint density at radius 1 is 1.70 bits per heavy atom. The summed E-state index contributed by atoms with van der Waals surface area (Å²) in [5, 5.41) is 0. The van der Waals surface area contributed by atoms with Gasteiger partial charge in [0.2, 0.25) is 0 Å². The topological polar surface area (TPSA) is 15.6 Å². The summed E-state index contributed by atoms with van der Waals surface area (Å²) in [5.74, 6) is 0. The Morgan fingerprint density at radius 2 is 2.40 bits per heavy atom. The molecule has 0 aromatic rings. The van der Waals surface area contributed by atoms with Gasteiger partial charge in [-0.1, -0.05) is 6.92 Å². The average Bonchev–Trinajstić information content (AvgIpc) is 1.94. The molecular weight excluding hydrogens is 124 g/mol. The summed E-state index contributed by atoms with van der Waals surface area (Å²) in [4.78, 5) is 6.30. The summed E-state index contributed by atoms with van der Waals surface area (Å²) < 4.78 is 0. The highest BCUT2D eigenvalue weighted by molar-refractivity contribution is 5.59. The highest BCUT2D eigenvalue weighted by atomic mass is 15.2. The summed E-state index contributed by atoms with van der Waals surface area (Å²) in [6.07, 6.45) is 5.24. The zero-order valence-corrected chi connectivity index (χ0v) is 6.83. The second-order valence-corrected chi connectivity index (χ2v) is 2.69. The first-order chi connectivity index (χ1) is 4.74. The van der Waals surface area contributed by atoms with Crippen LogP contribution in [0.1, 0.15) is 20.3 Å². The molecule has 0 radical (unpaired) electrons. The number of nitrogens with zero attached hydrogens (tertiary/aromatic N) is 2. The fraction of sp³-hybridized carbons (Fsp3) is 0.625. The van der Waals surface area contributed by atoms with Crippen LogP contribution in [0.15, 0.2) is 16.8 Å². The van der Waals surface area contributed by atoms with Crippen molar-refractivity contribution in [2.75, 3.05) is 7.05 Å². The number of allylic oxidation sites excluding steroid dienone is 1. The number of aliphatic imine (C=N–C) groups is 1. The van der Waals surface area contributed by atoms with E-state index in [9.17, 15) is 0 Å². The third kappa shape index (κ3) is 1.38. The van der Waals surface area contributed by atoms with E-state index in [1.165, 1.54) is 0 Å². The van der Waals surface area contributed by atoms with E-state index in [-0.39, 0.29) is 0 Å². The molecule has 1 rings (SSSR count). The summed E-state index contributed by atoms with van der Waals surface area (Å²) in [6.45, 7) is 4.22. The molecule has 0 amide bonds. The first-order valence-electron chi connectivity index (χ1n) is 3.68. The fourth-order valence-electron chi connectivity index (χ4n) is 1.11. The highest BCUT2D eigenvalue weighted by Gasteiger charge is 2.09. The van der Waals surface area contributed by atoms with Gasteiger partial charge in [-0.25, -0.2) is 4.99 Å². The van der Waals surface area contributed by atoms with Crippen molar-refractivity contribution in [1.29, 1.82) is 0 Å². The van der Waals surface area contributed by atoms with Crippen LogP contribution >= 0.6 is 0 Å². The Labute approximate surface area is 62.3 Å². The standard InChI is InChI=1S/C8H14N2/c1-4-8-5-7(2)9-6-10(8)3/h5-6,8H,4H2,1-3H3. The molecule has 1 heterocycles. The first kappa shape index (κ1) is 7.32. The van der Waals surface area contributed by atoms with E-state index in [4.69, 9.17) is 0 Å². The average molecular weight is 138 g/mol. The molecule has 1 atom stereocenters. The highest BCUT2D eigenvalue weighted by Crippen LogP contribution is 2.10. The number of rotatable bonds is 1. The summed E-state index contributed by atoms with van der Waals surface area (Å²) >= 11 is 0. The maximum absolute atomic E-state index is 4.17. The SMILES string of the molecule is CCC1C=C(C)N=CN1C. The normalized spacial score (nSPS) is 24.9. The van der Waals surface area contributed by atoms with Crippen LogP contribution in [0.4, 0.5) is 0 Å². The lowest BCUT2D eigenvalue weighted by molar-refractivity contribution is 0.418.